The van der Waals surface area contributed by atoms with Gasteiger partial charge in [0.25, 0.3) is 0 Å². The van der Waals surface area contributed by atoms with Crippen molar-refractivity contribution in [1.82, 2.24) is 5.48 Å². The van der Waals surface area contributed by atoms with E-state index < -0.39 is 10.8 Å². The van der Waals surface area contributed by atoms with Crippen molar-refractivity contribution in [2.24, 2.45) is 0 Å². The Kier molecular flexibility index (Phi) is 8.78. The molecule has 0 saturated carbocycles. The van der Waals surface area contributed by atoms with Crippen LogP contribution in [0.15, 0.2) is 53.4 Å². The minimum atomic E-state index is -1.04. The highest BCUT2D eigenvalue weighted by Gasteiger charge is 2.07. The van der Waals surface area contributed by atoms with Crippen molar-refractivity contribution in [3.05, 3.63) is 59.1 Å². The molecule has 0 radical (unpaired) electrons. The summed E-state index contributed by atoms with van der Waals surface area (Å²) in [6.07, 6.45) is 2.56. The van der Waals surface area contributed by atoms with Crippen LogP contribution in [0.3, 0.4) is 0 Å². The fraction of sp³-hybridized carbons (Fsp3) is 0.350. The zero-order chi connectivity index (χ0) is 19.6. The molecule has 2 rings (SSSR count). The van der Waals surface area contributed by atoms with Gasteiger partial charge in [-0.2, -0.15) is 0 Å². The van der Waals surface area contributed by atoms with Crippen LogP contribution in [0.4, 0.5) is 5.69 Å². The van der Waals surface area contributed by atoms with E-state index >= 15 is 0 Å². The van der Waals surface area contributed by atoms with Crippen LogP contribution in [0.25, 0.3) is 0 Å². The molecule has 2 aromatic rings. The number of carbonyl (C=O) groups is 1. The molecule has 146 valence electrons. The number of anilines is 1. The summed E-state index contributed by atoms with van der Waals surface area (Å²) in [5.74, 6) is 0.190. The van der Waals surface area contributed by atoms with Gasteiger partial charge in [0.1, 0.15) is 0 Å². The average Bonchev–Trinajstić information content (AvgIpc) is 2.69. The SMILES string of the molecule is CN(Cc1ccc(Cl)cc1)c1ccc(S(=O)CCCCCC(=O)NO)cc1. The predicted octanol–water partition coefficient (Wildman–Crippen LogP) is 4.15. The molecular weight excluding hydrogens is 384 g/mol. The lowest BCUT2D eigenvalue weighted by atomic mass is 10.2. The topological polar surface area (TPSA) is 69.6 Å². The number of hydrogen-bond donors (Lipinski definition) is 2. The highest BCUT2D eigenvalue weighted by atomic mass is 35.5. The van der Waals surface area contributed by atoms with E-state index in [0.717, 1.165) is 35.0 Å². The maximum atomic E-state index is 12.4. The van der Waals surface area contributed by atoms with Gasteiger partial charge >= 0.3 is 0 Å². The van der Waals surface area contributed by atoms with Crippen LogP contribution in [-0.2, 0) is 22.1 Å². The molecular formula is C20H25ClN2O3S. The van der Waals surface area contributed by atoms with Crippen molar-refractivity contribution >= 4 is 34.0 Å². The van der Waals surface area contributed by atoms with Gasteiger partial charge in [-0.3, -0.25) is 14.2 Å². The third-order valence-corrected chi connectivity index (χ3v) is 5.94. The molecule has 0 aliphatic rings. The highest BCUT2D eigenvalue weighted by Crippen LogP contribution is 2.19. The fourth-order valence-electron chi connectivity index (χ4n) is 2.68. The molecule has 0 aliphatic carbocycles. The standard InChI is InChI=1S/C20H25ClN2O3S/c1-23(15-16-6-8-17(21)9-7-16)18-10-12-19(13-11-18)27(26)14-4-2-3-5-20(24)22-25/h6-13,25H,2-5,14-15H2,1H3,(H,22,24). The molecule has 0 saturated heterocycles. The molecule has 2 aromatic carbocycles. The third kappa shape index (κ3) is 7.33. The van der Waals surface area contributed by atoms with E-state index in [1.165, 1.54) is 5.56 Å². The van der Waals surface area contributed by atoms with Gasteiger partial charge in [-0.15, -0.1) is 0 Å². The fourth-order valence-corrected chi connectivity index (χ4v) is 3.94. The number of halogens is 1. The number of hydroxylamine groups is 1. The van der Waals surface area contributed by atoms with Gasteiger partial charge in [-0.1, -0.05) is 30.2 Å². The van der Waals surface area contributed by atoms with Gasteiger partial charge in [0.2, 0.25) is 5.91 Å². The summed E-state index contributed by atoms with van der Waals surface area (Å²) in [6.45, 7) is 0.765. The van der Waals surface area contributed by atoms with Gasteiger partial charge in [-0.25, -0.2) is 5.48 Å². The molecule has 1 atom stereocenters. The summed E-state index contributed by atoms with van der Waals surface area (Å²) in [5, 5.41) is 9.15. The summed E-state index contributed by atoms with van der Waals surface area (Å²) < 4.78 is 12.4. The third-order valence-electron chi connectivity index (χ3n) is 4.23. The second-order valence-electron chi connectivity index (χ2n) is 6.37. The number of nitrogens with one attached hydrogen (secondary N) is 1. The van der Waals surface area contributed by atoms with E-state index in [2.05, 4.69) is 4.90 Å². The zero-order valence-corrected chi connectivity index (χ0v) is 16.9. The minimum absolute atomic E-state index is 0.289. The Morgan fingerprint density at radius 3 is 2.37 bits per heavy atom. The van der Waals surface area contributed by atoms with Crippen LogP contribution in [0, 0.1) is 0 Å². The van der Waals surface area contributed by atoms with Crippen molar-refractivity contribution < 1.29 is 14.2 Å². The zero-order valence-electron chi connectivity index (χ0n) is 15.4. The molecule has 0 fully saturated rings. The maximum absolute atomic E-state index is 12.4. The Morgan fingerprint density at radius 2 is 1.74 bits per heavy atom. The molecule has 1 unspecified atom stereocenters. The molecule has 0 spiro atoms. The number of benzene rings is 2. The lowest BCUT2D eigenvalue weighted by Gasteiger charge is -2.19. The van der Waals surface area contributed by atoms with E-state index in [9.17, 15) is 9.00 Å². The first-order valence-electron chi connectivity index (χ1n) is 8.86. The van der Waals surface area contributed by atoms with Gasteiger partial charge in [0, 0.05) is 41.4 Å². The monoisotopic (exact) mass is 408 g/mol. The smallest absolute Gasteiger partial charge is 0.243 e. The first-order chi connectivity index (χ1) is 13.0. The van der Waals surface area contributed by atoms with Crippen molar-refractivity contribution in [2.75, 3.05) is 17.7 Å². The van der Waals surface area contributed by atoms with Crippen LogP contribution in [-0.4, -0.2) is 28.1 Å². The summed E-state index contributed by atoms with van der Waals surface area (Å²) in [7, 11) is 0.972. The van der Waals surface area contributed by atoms with Crippen molar-refractivity contribution in [1.29, 1.82) is 0 Å². The summed E-state index contributed by atoms with van der Waals surface area (Å²) >= 11 is 5.92. The molecule has 0 bridgehead atoms. The Hall–Kier alpha value is -1.89. The Bertz CT molecular complexity index is 751. The van der Waals surface area contributed by atoms with Crippen LogP contribution in [0.5, 0.6) is 0 Å². The van der Waals surface area contributed by atoms with Crippen molar-refractivity contribution in [2.45, 2.75) is 37.1 Å². The molecule has 27 heavy (non-hydrogen) atoms. The van der Waals surface area contributed by atoms with Gasteiger partial charge in [-0.05, 0) is 54.8 Å². The second-order valence-corrected chi connectivity index (χ2v) is 8.38. The first-order valence-corrected chi connectivity index (χ1v) is 10.6. The molecule has 0 heterocycles. The van der Waals surface area contributed by atoms with Crippen molar-refractivity contribution in [3.63, 3.8) is 0 Å². The van der Waals surface area contributed by atoms with Gasteiger partial charge in [0.15, 0.2) is 0 Å². The summed E-state index contributed by atoms with van der Waals surface area (Å²) in [4.78, 5) is 13.9. The Balaban J connectivity index is 1.80. The summed E-state index contributed by atoms with van der Waals surface area (Å²) in [6, 6.07) is 15.6. The predicted molar refractivity (Wildman–Crippen MR) is 110 cm³/mol. The largest absolute Gasteiger partial charge is 0.370 e. The summed E-state index contributed by atoms with van der Waals surface area (Å²) in [5.41, 5.74) is 3.84. The van der Waals surface area contributed by atoms with Crippen LogP contribution in [0.2, 0.25) is 5.02 Å². The lowest BCUT2D eigenvalue weighted by molar-refractivity contribution is -0.129. The lowest BCUT2D eigenvalue weighted by Crippen LogP contribution is -2.17. The van der Waals surface area contributed by atoms with Crippen LogP contribution in [0.1, 0.15) is 31.2 Å². The Morgan fingerprint density at radius 1 is 1.07 bits per heavy atom. The van der Waals surface area contributed by atoms with E-state index in [1.54, 1.807) is 5.48 Å². The average molecular weight is 409 g/mol. The number of rotatable bonds is 10. The van der Waals surface area contributed by atoms with E-state index in [-0.39, 0.29) is 12.3 Å². The number of unbranched alkanes of at least 4 members (excludes halogenated alkanes) is 2. The van der Waals surface area contributed by atoms with Crippen LogP contribution < -0.4 is 10.4 Å². The molecule has 5 nitrogen and oxygen atoms in total. The highest BCUT2D eigenvalue weighted by molar-refractivity contribution is 7.85. The number of hydrogen-bond acceptors (Lipinski definition) is 4. The number of carbonyl (C=O) groups excluding carboxylic acids is 1. The molecule has 0 aliphatic heterocycles. The van der Waals surface area contributed by atoms with E-state index in [4.69, 9.17) is 16.8 Å². The van der Waals surface area contributed by atoms with E-state index in [0.29, 0.717) is 12.2 Å². The number of amides is 1. The quantitative estimate of drug-likeness (QED) is 0.352. The number of nitrogens with zero attached hydrogens (tertiary/aromatic N) is 1. The van der Waals surface area contributed by atoms with E-state index in [1.807, 2.05) is 55.6 Å². The normalized spacial score (nSPS) is 11.8. The van der Waals surface area contributed by atoms with Crippen molar-refractivity contribution in [3.8, 4) is 0 Å². The first kappa shape index (κ1) is 21.4. The Labute approximate surface area is 167 Å². The molecule has 2 N–H and O–H groups in total. The maximum Gasteiger partial charge on any atom is 0.243 e. The van der Waals surface area contributed by atoms with Gasteiger partial charge in [0.05, 0.1) is 10.8 Å². The molecule has 0 aromatic heterocycles. The molecule has 7 heteroatoms. The molecule has 1 amide bonds. The van der Waals surface area contributed by atoms with Gasteiger partial charge < -0.3 is 4.90 Å². The van der Waals surface area contributed by atoms with Crippen LogP contribution >= 0.6 is 11.6 Å². The second kappa shape index (κ2) is 11.1. The minimum Gasteiger partial charge on any atom is -0.370 e.